The Morgan fingerprint density at radius 1 is 1.12 bits per heavy atom. The van der Waals surface area contributed by atoms with E-state index in [1.165, 1.54) is 5.56 Å². The fourth-order valence-corrected chi connectivity index (χ4v) is 3.55. The molecule has 1 heterocycles. The van der Waals surface area contributed by atoms with Crippen molar-refractivity contribution in [2.75, 3.05) is 25.0 Å². The van der Waals surface area contributed by atoms with E-state index in [4.69, 9.17) is 10.1 Å². The molecule has 2 aromatic carbocycles. The molecule has 0 bridgehead atoms. The van der Waals surface area contributed by atoms with Crippen molar-refractivity contribution in [3.05, 3.63) is 66.2 Å². The molecule has 0 saturated carbocycles. The van der Waals surface area contributed by atoms with E-state index >= 15 is 0 Å². The molecule has 0 aliphatic carbocycles. The van der Waals surface area contributed by atoms with Crippen LogP contribution in [0.4, 0.5) is 5.69 Å². The molecule has 1 unspecified atom stereocenters. The Hall–Kier alpha value is -2.33. The summed E-state index contributed by atoms with van der Waals surface area (Å²) in [7, 11) is 0. The monoisotopic (exact) mass is 337 g/mol. The Kier molecular flexibility index (Phi) is 5.71. The summed E-state index contributed by atoms with van der Waals surface area (Å²) in [5.41, 5.74) is 1.87. The molecule has 2 N–H and O–H groups in total. The van der Waals surface area contributed by atoms with Gasteiger partial charge in [0.05, 0.1) is 6.61 Å². The van der Waals surface area contributed by atoms with Crippen LogP contribution in [0.1, 0.15) is 25.3 Å². The van der Waals surface area contributed by atoms with E-state index in [-0.39, 0.29) is 0 Å². The van der Waals surface area contributed by atoms with Crippen molar-refractivity contribution in [3.63, 3.8) is 0 Å². The van der Waals surface area contributed by atoms with Crippen LogP contribution in [0.5, 0.6) is 0 Å². The van der Waals surface area contributed by atoms with Crippen LogP contribution in [0.3, 0.4) is 0 Å². The van der Waals surface area contributed by atoms with Gasteiger partial charge in [-0.3, -0.25) is 10.3 Å². The predicted octanol–water partition coefficient (Wildman–Crippen LogP) is 4.15. The number of rotatable bonds is 6. The van der Waals surface area contributed by atoms with Gasteiger partial charge in [-0.1, -0.05) is 48.5 Å². The second-order valence-corrected chi connectivity index (χ2v) is 6.64. The minimum absolute atomic E-state index is 0.344. The predicted molar refractivity (Wildman–Crippen MR) is 103 cm³/mol. The summed E-state index contributed by atoms with van der Waals surface area (Å²) >= 11 is 0. The van der Waals surface area contributed by atoms with Gasteiger partial charge in [-0.2, -0.15) is 0 Å². The zero-order valence-electron chi connectivity index (χ0n) is 14.9. The minimum atomic E-state index is -0.468. The average Bonchev–Trinajstić information content (AvgIpc) is 2.64. The first-order valence-electron chi connectivity index (χ1n) is 9.03. The van der Waals surface area contributed by atoms with E-state index in [9.17, 15) is 0 Å². The highest BCUT2D eigenvalue weighted by Crippen LogP contribution is 2.28. The van der Waals surface area contributed by atoms with Crippen molar-refractivity contribution in [2.24, 2.45) is 0 Å². The standard InChI is InChI=1S/C21H27N3O/c1-2-25-20(22)21(23-19-12-7-4-8-13-19)14-9-15-24(17-21)16-18-10-5-3-6-11-18/h3-8,10-13,22-23H,2,9,14-17H2,1H3. The number of para-hydroxylation sites is 1. The number of likely N-dealkylation sites (tertiary alicyclic amines) is 1. The lowest BCUT2D eigenvalue weighted by molar-refractivity contribution is 0.165. The molecular formula is C21H27N3O. The van der Waals surface area contributed by atoms with E-state index in [2.05, 4.69) is 46.6 Å². The number of nitrogens with one attached hydrogen (secondary N) is 2. The van der Waals surface area contributed by atoms with Gasteiger partial charge in [-0.05, 0) is 44.0 Å². The number of hydrogen-bond donors (Lipinski definition) is 2. The first-order valence-corrected chi connectivity index (χ1v) is 9.03. The lowest BCUT2D eigenvalue weighted by atomic mass is 9.87. The Morgan fingerprint density at radius 2 is 1.80 bits per heavy atom. The summed E-state index contributed by atoms with van der Waals surface area (Å²) in [6.07, 6.45) is 1.95. The number of piperidine rings is 1. The van der Waals surface area contributed by atoms with Gasteiger partial charge in [0.2, 0.25) is 5.90 Å². The molecule has 2 aromatic rings. The molecular weight excluding hydrogens is 310 g/mol. The van der Waals surface area contributed by atoms with Crippen LogP contribution in [0.25, 0.3) is 0 Å². The van der Waals surface area contributed by atoms with E-state index in [1.807, 2.05) is 31.2 Å². The number of nitrogens with zero attached hydrogens (tertiary/aromatic N) is 1. The van der Waals surface area contributed by atoms with Crippen molar-refractivity contribution >= 4 is 11.6 Å². The summed E-state index contributed by atoms with van der Waals surface area (Å²) < 4.78 is 5.65. The van der Waals surface area contributed by atoms with Crippen LogP contribution in [0, 0.1) is 5.41 Å². The van der Waals surface area contributed by atoms with Gasteiger partial charge in [0.25, 0.3) is 0 Å². The Balaban J connectivity index is 1.79. The van der Waals surface area contributed by atoms with Crippen molar-refractivity contribution in [3.8, 4) is 0 Å². The van der Waals surface area contributed by atoms with Crippen LogP contribution in [-0.4, -0.2) is 36.0 Å². The first kappa shape index (κ1) is 17.5. The molecule has 132 valence electrons. The summed E-state index contributed by atoms with van der Waals surface area (Å²) in [5.74, 6) is 0.344. The molecule has 25 heavy (non-hydrogen) atoms. The van der Waals surface area contributed by atoms with Crippen LogP contribution in [0.15, 0.2) is 60.7 Å². The van der Waals surface area contributed by atoms with Gasteiger partial charge in [0, 0.05) is 18.8 Å². The van der Waals surface area contributed by atoms with E-state index < -0.39 is 5.54 Å². The van der Waals surface area contributed by atoms with Gasteiger partial charge in [0.15, 0.2) is 0 Å². The first-order chi connectivity index (χ1) is 12.2. The summed E-state index contributed by atoms with van der Waals surface area (Å²) in [4.78, 5) is 2.42. The molecule has 0 radical (unpaired) electrons. The molecule has 1 aliphatic rings. The number of hydrogen-bond acceptors (Lipinski definition) is 4. The lowest BCUT2D eigenvalue weighted by Gasteiger charge is -2.43. The number of anilines is 1. The normalized spacial score (nSPS) is 20.8. The molecule has 1 fully saturated rings. The summed E-state index contributed by atoms with van der Waals surface area (Å²) in [6, 6.07) is 20.7. The quantitative estimate of drug-likeness (QED) is 0.615. The van der Waals surface area contributed by atoms with Crippen molar-refractivity contribution < 1.29 is 4.74 Å². The van der Waals surface area contributed by atoms with E-state index in [0.717, 1.165) is 38.2 Å². The Morgan fingerprint density at radius 3 is 2.48 bits per heavy atom. The fraction of sp³-hybridized carbons (Fsp3) is 0.381. The highest BCUT2D eigenvalue weighted by molar-refractivity contribution is 5.87. The molecule has 0 amide bonds. The third-order valence-corrected chi connectivity index (χ3v) is 4.70. The second-order valence-electron chi connectivity index (χ2n) is 6.64. The Bertz CT molecular complexity index is 674. The van der Waals surface area contributed by atoms with Crippen LogP contribution in [0.2, 0.25) is 0 Å². The molecule has 3 rings (SSSR count). The van der Waals surface area contributed by atoms with Crippen molar-refractivity contribution in [1.29, 1.82) is 5.41 Å². The molecule has 4 heteroatoms. The molecule has 1 atom stereocenters. The molecule has 1 aliphatic heterocycles. The number of benzene rings is 2. The van der Waals surface area contributed by atoms with E-state index in [1.54, 1.807) is 0 Å². The van der Waals surface area contributed by atoms with Crippen LogP contribution in [-0.2, 0) is 11.3 Å². The van der Waals surface area contributed by atoms with Gasteiger partial charge >= 0.3 is 0 Å². The third kappa shape index (κ3) is 4.40. The van der Waals surface area contributed by atoms with E-state index in [0.29, 0.717) is 12.5 Å². The van der Waals surface area contributed by atoms with Gasteiger partial charge in [0.1, 0.15) is 5.54 Å². The Labute approximate surface area is 150 Å². The smallest absolute Gasteiger partial charge is 0.208 e. The highest BCUT2D eigenvalue weighted by Gasteiger charge is 2.41. The topological polar surface area (TPSA) is 48.4 Å². The minimum Gasteiger partial charge on any atom is -0.480 e. The SMILES string of the molecule is CCOC(=N)C1(Nc2ccccc2)CCCN(Cc2ccccc2)C1. The van der Waals surface area contributed by atoms with Crippen molar-refractivity contribution in [2.45, 2.75) is 31.8 Å². The maximum absolute atomic E-state index is 8.54. The lowest BCUT2D eigenvalue weighted by Crippen LogP contribution is -2.58. The van der Waals surface area contributed by atoms with Gasteiger partial charge < -0.3 is 10.1 Å². The van der Waals surface area contributed by atoms with Crippen molar-refractivity contribution in [1.82, 2.24) is 4.90 Å². The molecule has 0 aromatic heterocycles. The third-order valence-electron chi connectivity index (χ3n) is 4.70. The maximum atomic E-state index is 8.54. The number of ether oxygens (including phenoxy) is 1. The average molecular weight is 337 g/mol. The fourth-order valence-electron chi connectivity index (χ4n) is 3.55. The second kappa shape index (κ2) is 8.17. The zero-order chi connectivity index (χ0) is 17.5. The highest BCUT2D eigenvalue weighted by atomic mass is 16.5. The summed E-state index contributed by atoms with van der Waals surface area (Å²) in [6.45, 7) is 5.19. The maximum Gasteiger partial charge on any atom is 0.208 e. The molecule has 0 spiro atoms. The van der Waals surface area contributed by atoms with Crippen LogP contribution >= 0.6 is 0 Å². The van der Waals surface area contributed by atoms with Gasteiger partial charge in [-0.15, -0.1) is 0 Å². The molecule has 4 nitrogen and oxygen atoms in total. The molecule has 1 saturated heterocycles. The zero-order valence-corrected chi connectivity index (χ0v) is 14.9. The largest absolute Gasteiger partial charge is 0.480 e. The van der Waals surface area contributed by atoms with Gasteiger partial charge in [-0.25, -0.2) is 0 Å². The van der Waals surface area contributed by atoms with Crippen LogP contribution < -0.4 is 5.32 Å². The summed E-state index contributed by atoms with van der Waals surface area (Å²) in [5, 5.41) is 12.1.